The molecule has 0 bridgehead atoms. The molecule has 0 aromatic rings. The first-order valence-electron chi connectivity index (χ1n) is 11.5. The van der Waals surface area contributed by atoms with Gasteiger partial charge in [0.05, 0.1) is 12.0 Å². The van der Waals surface area contributed by atoms with Crippen LogP contribution in [0.3, 0.4) is 0 Å². The van der Waals surface area contributed by atoms with Gasteiger partial charge in [-0.2, -0.15) is 0 Å². The van der Waals surface area contributed by atoms with E-state index in [0.717, 1.165) is 70.9 Å². The Balaban J connectivity index is 0.00000450. The average molecular weight is 537 g/mol. The van der Waals surface area contributed by atoms with Gasteiger partial charge in [0, 0.05) is 59.4 Å². The summed E-state index contributed by atoms with van der Waals surface area (Å²) in [5.74, 6) is 1.64. The number of nitrogens with one attached hydrogen (secondary N) is 2. The second kappa shape index (κ2) is 13.1. The largest absolute Gasteiger partial charge is 0.357 e. The molecule has 1 atom stereocenters. The highest BCUT2D eigenvalue weighted by atomic mass is 127. The Kier molecular flexibility index (Phi) is 11.9. The molecule has 0 radical (unpaired) electrons. The van der Waals surface area contributed by atoms with Crippen molar-refractivity contribution < 1.29 is 4.79 Å². The maximum atomic E-state index is 12.8. The second-order valence-electron chi connectivity index (χ2n) is 9.41. The highest BCUT2D eigenvalue weighted by Gasteiger charge is 2.42. The molecular formula is C22H45IN6O. The first-order valence-corrected chi connectivity index (χ1v) is 11.5. The van der Waals surface area contributed by atoms with E-state index in [2.05, 4.69) is 48.3 Å². The van der Waals surface area contributed by atoms with Gasteiger partial charge in [-0.25, -0.2) is 0 Å². The normalized spacial score (nSPS) is 21.2. The molecule has 2 fully saturated rings. The molecule has 1 unspecified atom stereocenters. The molecule has 0 aromatic heterocycles. The molecule has 1 aliphatic heterocycles. The van der Waals surface area contributed by atoms with Gasteiger partial charge in [-0.15, -0.1) is 24.0 Å². The summed E-state index contributed by atoms with van der Waals surface area (Å²) in [6, 6.07) is 0.483. The molecule has 176 valence electrons. The molecule has 2 rings (SSSR count). The van der Waals surface area contributed by atoms with Crippen LogP contribution < -0.4 is 10.6 Å². The molecule has 30 heavy (non-hydrogen) atoms. The third kappa shape index (κ3) is 7.51. The lowest BCUT2D eigenvalue weighted by molar-refractivity contribution is -0.138. The van der Waals surface area contributed by atoms with E-state index < -0.39 is 0 Å². The highest BCUT2D eigenvalue weighted by molar-refractivity contribution is 14.0. The SMILES string of the molecule is CCNC(=NCC1(C(=O)N(C)C)CCCC1)NCC(C(C)C)N1CCN(C)CC1.I. The maximum Gasteiger partial charge on any atom is 0.230 e. The van der Waals surface area contributed by atoms with E-state index in [9.17, 15) is 4.79 Å². The van der Waals surface area contributed by atoms with Gasteiger partial charge >= 0.3 is 0 Å². The summed E-state index contributed by atoms with van der Waals surface area (Å²) in [5, 5.41) is 6.96. The minimum absolute atomic E-state index is 0. The molecule has 0 spiro atoms. The first-order chi connectivity index (χ1) is 13.8. The third-order valence-corrected chi connectivity index (χ3v) is 6.56. The lowest BCUT2D eigenvalue weighted by Crippen LogP contribution is -2.55. The lowest BCUT2D eigenvalue weighted by Gasteiger charge is -2.40. The van der Waals surface area contributed by atoms with Crippen LogP contribution in [-0.4, -0.2) is 99.6 Å². The van der Waals surface area contributed by atoms with Crippen molar-refractivity contribution in [2.75, 3.05) is 67.0 Å². The molecule has 1 aliphatic carbocycles. The average Bonchev–Trinajstić information content (AvgIpc) is 3.16. The number of carbonyl (C=O) groups excluding carboxylic acids is 1. The molecule has 0 aromatic carbocycles. The van der Waals surface area contributed by atoms with Crippen LogP contribution in [0.1, 0.15) is 46.5 Å². The smallest absolute Gasteiger partial charge is 0.230 e. The van der Waals surface area contributed by atoms with Gasteiger partial charge in [-0.1, -0.05) is 26.7 Å². The van der Waals surface area contributed by atoms with Crippen molar-refractivity contribution in [1.82, 2.24) is 25.3 Å². The van der Waals surface area contributed by atoms with Crippen molar-refractivity contribution in [2.45, 2.75) is 52.5 Å². The van der Waals surface area contributed by atoms with Crippen molar-refractivity contribution in [3.63, 3.8) is 0 Å². The van der Waals surface area contributed by atoms with E-state index in [4.69, 9.17) is 4.99 Å². The third-order valence-electron chi connectivity index (χ3n) is 6.56. The van der Waals surface area contributed by atoms with Crippen molar-refractivity contribution in [3.05, 3.63) is 0 Å². The highest BCUT2D eigenvalue weighted by Crippen LogP contribution is 2.39. The fourth-order valence-corrected chi connectivity index (χ4v) is 4.68. The minimum Gasteiger partial charge on any atom is -0.357 e. The number of amides is 1. The summed E-state index contributed by atoms with van der Waals surface area (Å²) in [4.78, 5) is 24.5. The van der Waals surface area contributed by atoms with Crippen LogP contribution in [0, 0.1) is 11.3 Å². The Morgan fingerprint density at radius 2 is 1.70 bits per heavy atom. The molecular weight excluding hydrogens is 491 g/mol. The number of hydrogen-bond donors (Lipinski definition) is 2. The summed E-state index contributed by atoms with van der Waals surface area (Å²) in [7, 11) is 5.92. The van der Waals surface area contributed by atoms with Crippen LogP contribution in [-0.2, 0) is 4.79 Å². The van der Waals surface area contributed by atoms with Gasteiger partial charge in [0.1, 0.15) is 0 Å². The van der Waals surface area contributed by atoms with Gasteiger partial charge in [0.25, 0.3) is 0 Å². The number of hydrogen-bond acceptors (Lipinski definition) is 4. The van der Waals surface area contributed by atoms with E-state index in [-0.39, 0.29) is 35.3 Å². The van der Waals surface area contributed by atoms with Gasteiger partial charge < -0.3 is 20.4 Å². The van der Waals surface area contributed by atoms with Crippen molar-refractivity contribution in [1.29, 1.82) is 0 Å². The zero-order valence-electron chi connectivity index (χ0n) is 20.0. The van der Waals surface area contributed by atoms with Crippen LogP contribution in [0.25, 0.3) is 0 Å². The lowest BCUT2D eigenvalue weighted by atomic mass is 9.85. The molecule has 2 N–H and O–H groups in total. The van der Waals surface area contributed by atoms with E-state index in [1.165, 1.54) is 0 Å². The minimum atomic E-state index is -0.319. The molecule has 2 aliphatic rings. The topological polar surface area (TPSA) is 63.2 Å². The van der Waals surface area contributed by atoms with Crippen molar-refractivity contribution >= 4 is 35.8 Å². The van der Waals surface area contributed by atoms with E-state index in [1.807, 2.05) is 14.1 Å². The Morgan fingerprint density at radius 3 is 2.20 bits per heavy atom. The monoisotopic (exact) mass is 536 g/mol. The summed E-state index contributed by atoms with van der Waals surface area (Å²) in [5.41, 5.74) is -0.319. The molecule has 1 saturated heterocycles. The van der Waals surface area contributed by atoms with E-state index >= 15 is 0 Å². The fraction of sp³-hybridized carbons (Fsp3) is 0.909. The van der Waals surface area contributed by atoms with E-state index in [1.54, 1.807) is 4.90 Å². The molecule has 1 saturated carbocycles. The van der Waals surface area contributed by atoms with Crippen LogP contribution in [0.4, 0.5) is 0 Å². The Morgan fingerprint density at radius 1 is 1.10 bits per heavy atom. The Hall–Kier alpha value is -0.610. The number of halogens is 1. The molecule has 8 heteroatoms. The fourth-order valence-electron chi connectivity index (χ4n) is 4.68. The summed E-state index contributed by atoms with van der Waals surface area (Å²) >= 11 is 0. The summed E-state index contributed by atoms with van der Waals surface area (Å²) in [6.07, 6.45) is 4.14. The van der Waals surface area contributed by atoms with Gasteiger partial charge in [-0.3, -0.25) is 14.7 Å². The van der Waals surface area contributed by atoms with Gasteiger partial charge in [0.15, 0.2) is 5.96 Å². The van der Waals surface area contributed by atoms with Crippen LogP contribution in [0.15, 0.2) is 4.99 Å². The molecule has 1 amide bonds. The Bertz CT molecular complexity index is 540. The second-order valence-corrected chi connectivity index (χ2v) is 9.41. The predicted octanol–water partition coefficient (Wildman–Crippen LogP) is 2.08. The first kappa shape index (κ1) is 27.4. The number of guanidine groups is 1. The number of piperazine rings is 1. The zero-order valence-corrected chi connectivity index (χ0v) is 22.4. The predicted molar refractivity (Wildman–Crippen MR) is 137 cm³/mol. The summed E-state index contributed by atoms with van der Waals surface area (Å²) in [6.45, 7) is 13.5. The number of carbonyl (C=O) groups is 1. The quantitative estimate of drug-likeness (QED) is 0.283. The standard InChI is InChI=1S/C22H44N6O.HI/c1-7-23-21(25-17-22(10-8-9-11-22)20(29)26(4)5)24-16-19(18(2)3)28-14-12-27(6)13-15-28;/h18-19H,7-17H2,1-6H3,(H2,23,24,25);1H. The van der Waals surface area contributed by atoms with Crippen LogP contribution in [0.5, 0.6) is 0 Å². The van der Waals surface area contributed by atoms with Gasteiger partial charge in [0.2, 0.25) is 5.91 Å². The number of nitrogens with zero attached hydrogens (tertiary/aromatic N) is 4. The van der Waals surface area contributed by atoms with Crippen molar-refractivity contribution in [3.8, 4) is 0 Å². The van der Waals surface area contributed by atoms with Gasteiger partial charge in [-0.05, 0) is 32.7 Å². The number of likely N-dealkylation sites (N-methyl/N-ethyl adjacent to an activating group) is 1. The number of aliphatic imine (C=N–C) groups is 1. The molecule has 7 nitrogen and oxygen atoms in total. The zero-order chi connectivity index (χ0) is 21.4. The Labute approximate surface area is 201 Å². The number of rotatable bonds is 8. The summed E-state index contributed by atoms with van der Waals surface area (Å²) < 4.78 is 0. The molecule has 1 heterocycles. The van der Waals surface area contributed by atoms with Crippen molar-refractivity contribution in [2.24, 2.45) is 16.3 Å². The van der Waals surface area contributed by atoms with Crippen LogP contribution >= 0.6 is 24.0 Å². The van der Waals surface area contributed by atoms with Crippen LogP contribution in [0.2, 0.25) is 0 Å². The maximum absolute atomic E-state index is 12.8. The van der Waals surface area contributed by atoms with E-state index in [0.29, 0.717) is 18.5 Å².